The quantitative estimate of drug-likeness (QED) is 0.790. The third-order valence-electron chi connectivity index (χ3n) is 4.55. The fourth-order valence-electron chi connectivity index (χ4n) is 3.03. The maximum atomic E-state index is 12.8. The van der Waals surface area contributed by atoms with E-state index in [4.69, 9.17) is 0 Å². The molecule has 1 fully saturated rings. The van der Waals surface area contributed by atoms with Gasteiger partial charge in [-0.05, 0) is 78.5 Å². The van der Waals surface area contributed by atoms with Crippen LogP contribution in [-0.4, -0.2) is 36.3 Å². The van der Waals surface area contributed by atoms with E-state index in [0.29, 0.717) is 18.2 Å². The first-order valence-corrected chi connectivity index (χ1v) is 9.62. The molecule has 7 heteroatoms. The number of carbonyl (C=O) groups is 2. The maximum absolute atomic E-state index is 12.8. The molecule has 0 bridgehead atoms. The van der Waals surface area contributed by atoms with E-state index in [0.717, 1.165) is 32.5 Å². The second-order valence-corrected chi connectivity index (χ2v) is 7.30. The van der Waals surface area contributed by atoms with Crippen LogP contribution < -0.4 is 10.6 Å². The molecule has 0 radical (unpaired) electrons. The number of halogens is 1. The number of rotatable bonds is 5. The van der Waals surface area contributed by atoms with E-state index in [2.05, 4.69) is 32.4 Å². The topological polar surface area (TPSA) is 61.4 Å². The summed E-state index contributed by atoms with van der Waals surface area (Å²) in [5.74, 6) is -1.39. The van der Waals surface area contributed by atoms with Gasteiger partial charge in [0.05, 0.1) is 0 Å². The molecule has 26 heavy (non-hydrogen) atoms. The van der Waals surface area contributed by atoms with Crippen LogP contribution in [0, 0.1) is 11.7 Å². The molecule has 1 aliphatic rings. The van der Waals surface area contributed by atoms with Crippen molar-refractivity contribution in [3.63, 3.8) is 0 Å². The van der Waals surface area contributed by atoms with Crippen LogP contribution >= 0.6 is 11.3 Å². The summed E-state index contributed by atoms with van der Waals surface area (Å²) in [6.45, 7) is 3.47. The molecule has 1 aliphatic heterocycles. The zero-order valence-electron chi connectivity index (χ0n) is 14.4. The molecule has 1 aromatic carbocycles. The number of amides is 2. The second kappa shape index (κ2) is 8.91. The Labute approximate surface area is 156 Å². The van der Waals surface area contributed by atoms with Crippen LogP contribution in [0.2, 0.25) is 0 Å². The normalized spacial score (nSPS) is 15.6. The standard InChI is InChI=1S/C19H22FN3O2S/c20-16-1-3-17(4-2-16)22-19(25)18(24)21-11-14-5-8-23(9-6-14)12-15-7-10-26-13-15/h1-4,7,10,13-14H,5-6,8-9,11-12H2,(H,21,24)(H,22,25). The summed E-state index contributed by atoms with van der Waals surface area (Å²) in [4.78, 5) is 26.2. The molecule has 0 atom stereocenters. The second-order valence-electron chi connectivity index (χ2n) is 6.52. The van der Waals surface area contributed by atoms with Gasteiger partial charge in [0.2, 0.25) is 0 Å². The lowest BCUT2D eigenvalue weighted by Gasteiger charge is -2.31. The predicted molar refractivity (Wildman–Crippen MR) is 100 cm³/mol. The van der Waals surface area contributed by atoms with Gasteiger partial charge in [-0.15, -0.1) is 0 Å². The highest BCUT2D eigenvalue weighted by atomic mass is 32.1. The molecule has 2 N–H and O–H groups in total. The summed E-state index contributed by atoms with van der Waals surface area (Å²) in [6.07, 6.45) is 2.01. The number of benzene rings is 1. The lowest BCUT2D eigenvalue weighted by atomic mass is 9.96. The van der Waals surface area contributed by atoms with E-state index in [-0.39, 0.29) is 0 Å². The average molecular weight is 375 g/mol. The van der Waals surface area contributed by atoms with E-state index in [1.54, 1.807) is 11.3 Å². The predicted octanol–water partition coefficient (Wildman–Crippen LogP) is 2.85. The molecule has 0 aliphatic carbocycles. The number of anilines is 1. The summed E-state index contributed by atoms with van der Waals surface area (Å²) in [5.41, 5.74) is 1.74. The Morgan fingerprint density at radius 3 is 2.50 bits per heavy atom. The largest absolute Gasteiger partial charge is 0.348 e. The van der Waals surface area contributed by atoms with Crippen LogP contribution in [0.1, 0.15) is 18.4 Å². The number of hydrogen-bond donors (Lipinski definition) is 2. The number of likely N-dealkylation sites (tertiary alicyclic amines) is 1. The third-order valence-corrected chi connectivity index (χ3v) is 5.29. The number of piperidine rings is 1. The average Bonchev–Trinajstić information content (AvgIpc) is 3.16. The fraction of sp³-hybridized carbons (Fsp3) is 0.368. The Bertz CT molecular complexity index is 726. The van der Waals surface area contributed by atoms with E-state index < -0.39 is 17.6 Å². The van der Waals surface area contributed by atoms with Gasteiger partial charge in [0.1, 0.15) is 5.82 Å². The number of hydrogen-bond acceptors (Lipinski definition) is 4. The van der Waals surface area contributed by atoms with E-state index in [1.807, 2.05) is 0 Å². The molecule has 2 amide bonds. The zero-order valence-corrected chi connectivity index (χ0v) is 15.2. The molecule has 0 spiro atoms. The molecule has 0 unspecified atom stereocenters. The molecule has 2 heterocycles. The summed E-state index contributed by atoms with van der Waals surface area (Å²) >= 11 is 1.71. The van der Waals surface area contributed by atoms with Crippen molar-refractivity contribution in [2.75, 3.05) is 25.0 Å². The number of nitrogens with zero attached hydrogens (tertiary/aromatic N) is 1. The third kappa shape index (κ3) is 5.37. The highest BCUT2D eigenvalue weighted by Gasteiger charge is 2.21. The lowest BCUT2D eigenvalue weighted by Crippen LogP contribution is -2.41. The van der Waals surface area contributed by atoms with Crippen molar-refractivity contribution >= 4 is 28.8 Å². The first-order chi connectivity index (χ1) is 12.6. The molecular formula is C19H22FN3O2S. The fourth-order valence-corrected chi connectivity index (χ4v) is 3.69. The van der Waals surface area contributed by atoms with Gasteiger partial charge in [0.25, 0.3) is 0 Å². The van der Waals surface area contributed by atoms with Crippen LogP contribution in [-0.2, 0) is 16.1 Å². The molecule has 3 rings (SSSR count). The minimum Gasteiger partial charge on any atom is -0.348 e. The van der Waals surface area contributed by atoms with Gasteiger partial charge in [-0.2, -0.15) is 11.3 Å². The molecule has 2 aromatic rings. The van der Waals surface area contributed by atoms with Crippen LogP contribution in [0.15, 0.2) is 41.1 Å². The minimum atomic E-state index is -0.730. The summed E-state index contributed by atoms with van der Waals surface area (Å²) in [7, 11) is 0. The monoisotopic (exact) mass is 375 g/mol. The number of nitrogens with one attached hydrogen (secondary N) is 2. The number of thiophene rings is 1. The SMILES string of the molecule is O=C(NCC1CCN(Cc2ccsc2)CC1)C(=O)Nc1ccc(F)cc1. The van der Waals surface area contributed by atoms with Crippen LogP contribution in [0.4, 0.5) is 10.1 Å². The number of carbonyl (C=O) groups excluding carboxylic acids is 2. The van der Waals surface area contributed by atoms with Crippen molar-refractivity contribution in [1.82, 2.24) is 10.2 Å². The molecule has 1 aromatic heterocycles. The molecular weight excluding hydrogens is 353 g/mol. The van der Waals surface area contributed by atoms with Gasteiger partial charge in [0, 0.05) is 18.8 Å². The van der Waals surface area contributed by atoms with Crippen molar-refractivity contribution in [2.24, 2.45) is 5.92 Å². The van der Waals surface area contributed by atoms with Crippen molar-refractivity contribution in [2.45, 2.75) is 19.4 Å². The molecule has 0 saturated carbocycles. The summed E-state index contributed by atoms with van der Waals surface area (Å²) in [6, 6.07) is 7.46. The zero-order chi connectivity index (χ0) is 18.4. The van der Waals surface area contributed by atoms with Crippen molar-refractivity contribution in [3.05, 3.63) is 52.5 Å². The first-order valence-electron chi connectivity index (χ1n) is 8.68. The van der Waals surface area contributed by atoms with Crippen LogP contribution in [0.5, 0.6) is 0 Å². The van der Waals surface area contributed by atoms with Crippen molar-refractivity contribution in [3.8, 4) is 0 Å². The molecule has 138 valence electrons. The van der Waals surface area contributed by atoms with Crippen LogP contribution in [0.25, 0.3) is 0 Å². The van der Waals surface area contributed by atoms with Crippen molar-refractivity contribution in [1.29, 1.82) is 0 Å². The minimum absolute atomic E-state index is 0.385. The summed E-state index contributed by atoms with van der Waals surface area (Å²) < 4.78 is 12.8. The van der Waals surface area contributed by atoms with Gasteiger partial charge in [-0.25, -0.2) is 4.39 Å². The van der Waals surface area contributed by atoms with Gasteiger partial charge in [0.15, 0.2) is 0 Å². The smallest absolute Gasteiger partial charge is 0.313 e. The van der Waals surface area contributed by atoms with Gasteiger partial charge >= 0.3 is 11.8 Å². The molecule has 5 nitrogen and oxygen atoms in total. The van der Waals surface area contributed by atoms with E-state index in [1.165, 1.54) is 29.8 Å². The Morgan fingerprint density at radius 1 is 1.12 bits per heavy atom. The Hall–Kier alpha value is -2.25. The van der Waals surface area contributed by atoms with Gasteiger partial charge in [-0.1, -0.05) is 0 Å². The first kappa shape index (κ1) is 18.5. The summed E-state index contributed by atoms with van der Waals surface area (Å²) in [5, 5.41) is 9.43. The molecule has 1 saturated heterocycles. The van der Waals surface area contributed by atoms with Gasteiger partial charge in [-0.3, -0.25) is 14.5 Å². The maximum Gasteiger partial charge on any atom is 0.313 e. The van der Waals surface area contributed by atoms with Crippen molar-refractivity contribution < 1.29 is 14.0 Å². The van der Waals surface area contributed by atoms with Crippen LogP contribution in [0.3, 0.4) is 0 Å². The lowest BCUT2D eigenvalue weighted by molar-refractivity contribution is -0.136. The Morgan fingerprint density at radius 2 is 1.85 bits per heavy atom. The highest BCUT2D eigenvalue weighted by molar-refractivity contribution is 7.07. The Balaban J connectivity index is 1.36. The van der Waals surface area contributed by atoms with E-state index >= 15 is 0 Å². The Kier molecular flexibility index (Phi) is 6.35. The van der Waals surface area contributed by atoms with Gasteiger partial charge < -0.3 is 10.6 Å². The highest BCUT2D eigenvalue weighted by Crippen LogP contribution is 2.19. The van der Waals surface area contributed by atoms with E-state index in [9.17, 15) is 14.0 Å².